The summed E-state index contributed by atoms with van der Waals surface area (Å²) >= 11 is 0. The number of nitrogens with one attached hydrogen (secondary N) is 1. The Morgan fingerprint density at radius 3 is 2.56 bits per heavy atom. The van der Waals surface area contributed by atoms with Gasteiger partial charge in [-0.15, -0.1) is 0 Å². The summed E-state index contributed by atoms with van der Waals surface area (Å²) in [6.07, 6.45) is 6.79. The standard InChI is InChI=1S/C16H25NO/c1-13(12-15-4-3-5-15)17-11-10-14-6-8-16(18-2)9-7-14/h6-9,13,15,17H,3-5,10-12H2,1-2H3. The molecule has 0 aromatic heterocycles. The maximum Gasteiger partial charge on any atom is 0.118 e. The molecule has 1 aliphatic carbocycles. The number of ether oxygens (including phenoxy) is 1. The minimum atomic E-state index is 0.661. The van der Waals surface area contributed by atoms with Crippen LogP contribution in [0.3, 0.4) is 0 Å². The van der Waals surface area contributed by atoms with Gasteiger partial charge in [-0.2, -0.15) is 0 Å². The number of methoxy groups -OCH3 is 1. The first kappa shape index (κ1) is 13.4. The molecule has 0 heterocycles. The highest BCUT2D eigenvalue weighted by atomic mass is 16.5. The molecule has 0 saturated heterocycles. The van der Waals surface area contributed by atoms with Crippen molar-refractivity contribution < 1.29 is 4.74 Å². The summed E-state index contributed by atoms with van der Waals surface area (Å²) in [6.45, 7) is 3.38. The third-order valence-electron chi connectivity index (χ3n) is 3.98. The molecule has 1 aromatic carbocycles. The smallest absolute Gasteiger partial charge is 0.118 e. The van der Waals surface area contributed by atoms with Crippen molar-refractivity contribution in [1.82, 2.24) is 5.32 Å². The van der Waals surface area contributed by atoms with Crippen molar-refractivity contribution in [2.45, 2.75) is 45.1 Å². The summed E-state index contributed by atoms with van der Waals surface area (Å²) in [7, 11) is 1.71. The normalized spacial score (nSPS) is 17.2. The predicted molar refractivity (Wildman–Crippen MR) is 76.1 cm³/mol. The average Bonchev–Trinajstić information content (AvgIpc) is 2.35. The van der Waals surface area contributed by atoms with Crippen molar-refractivity contribution in [2.75, 3.05) is 13.7 Å². The third-order valence-corrected chi connectivity index (χ3v) is 3.98. The van der Waals surface area contributed by atoms with Crippen molar-refractivity contribution in [3.8, 4) is 5.75 Å². The monoisotopic (exact) mass is 247 g/mol. The molecule has 2 rings (SSSR count). The van der Waals surface area contributed by atoms with Crippen LogP contribution in [-0.2, 0) is 6.42 Å². The van der Waals surface area contributed by atoms with Crippen molar-refractivity contribution >= 4 is 0 Å². The maximum absolute atomic E-state index is 5.16. The highest BCUT2D eigenvalue weighted by Crippen LogP contribution is 2.30. The van der Waals surface area contributed by atoms with E-state index in [9.17, 15) is 0 Å². The molecule has 1 atom stereocenters. The highest BCUT2D eigenvalue weighted by Gasteiger charge is 2.19. The Morgan fingerprint density at radius 1 is 1.28 bits per heavy atom. The lowest BCUT2D eigenvalue weighted by Crippen LogP contribution is -2.31. The fourth-order valence-electron chi connectivity index (χ4n) is 2.57. The molecule has 1 aromatic rings. The van der Waals surface area contributed by atoms with E-state index < -0.39 is 0 Å². The van der Waals surface area contributed by atoms with E-state index in [1.54, 1.807) is 7.11 Å². The summed E-state index contributed by atoms with van der Waals surface area (Å²) in [5.74, 6) is 1.93. The first-order chi connectivity index (χ1) is 8.78. The Hall–Kier alpha value is -1.02. The topological polar surface area (TPSA) is 21.3 Å². The van der Waals surface area contributed by atoms with Gasteiger partial charge in [0.25, 0.3) is 0 Å². The molecule has 18 heavy (non-hydrogen) atoms. The number of hydrogen-bond donors (Lipinski definition) is 1. The number of hydrogen-bond acceptors (Lipinski definition) is 2. The second-order valence-electron chi connectivity index (χ2n) is 5.49. The van der Waals surface area contributed by atoms with Gasteiger partial charge in [0, 0.05) is 6.04 Å². The summed E-state index contributed by atoms with van der Waals surface area (Å²) in [5.41, 5.74) is 1.37. The van der Waals surface area contributed by atoms with Crippen LogP contribution in [0, 0.1) is 5.92 Å². The number of benzene rings is 1. The van der Waals surface area contributed by atoms with Crippen LogP contribution in [0.4, 0.5) is 0 Å². The lowest BCUT2D eigenvalue weighted by atomic mass is 9.81. The van der Waals surface area contributed by atoms with E-state index in [2.05, 4.69) is 24.4 Å². The molecule has 1 unspecified atom stereocenters. The van der Waals surface area contributed by atoms with Crippen LogP contribution in [0.5, 0.6) is 5.75 Å². The average molecular weight is 247 g/mol. The first-order valence-corrected chi connectivity index (χ1v) is 7.14. The Balaban J connectivity index is 1.64. The molecule has 100 valence electrons. The van der Waals surface area contributed by atoms with E-state index >= 15 is 0 Å². The van der Waals surface area contributed by atoms with Crippen LogP contribution >= 0.6 is 0 Å². The fourth-order valence-corrected chi connectivity index (χ4v) is 2.57. The van der Waals surface area contributed by atoms with Gasteiger partial charge >= 0.3 is 0 Å². The summed E-state index contributed by atoms with van der Waals surface area (Å²) in [5, 5.41) is 3.63. The zero-order valence-corrected chi connectivity index (χ0v) is 11.6. The third kappa shape index (κ3) is 4.02. The maximum atomic E-state index is 5.16. The zero-order valence-electron chi connectivity index (χ0n) is 11.6. The molecule has 0 aliphatic heterocycles. The van der Waals surface area contributed by atoms with Gasteiger partial charge < -0.3 is 10.1 Å². The van der Waals surface area contributed by atoms with Gasteiger partial charge in [0.15, 0.2) is 0 Å². The van der Waals surface area contributed by atoms with Crippen LogP contribution in [0.15, 0.2) is 24.3 Å². The number of rotatable bonds is 7. The minimum absolute atomic E-state index is 0.661. The first-order valence-electron chi connectivity index (χ1n) is 7.14. The van der Waals surface area contributed by atoms with Gasteiger partial charge in [-0.1, -0.05) is 31.4 Å². The molecular weight excluding hydrogens is 222 g/mol. The van der Waals surface area contributed by atoms with Gasteiger partial charge in [0.1, 0.15) is 5.75 Å². The van der Waals surface area contributed by atoms with Crippen LogP contribution in [0.25, 0.3) is 0 Å². The summed E-state index contributed by atoms with van der Waals surface area (Å²) < 4.78 is 5.16. The van der Waals surface area contributed by atoms with Gasteiger partial charge in [0.2, 0.25) is 0 Å². The molecular formula is C16H25NO. The molecule has 1 N–H and O–H groups in total. The SMILES string of the molecule is COc1ccc(CCNC(C)CC2CCC2)cc1. The van der Waals surface area contributed by atoms with Crippen molar-refractivity contribution in [3.63, 3.8) is 0 Å². The van der Waals surface area contributed by atoms with E-state index in [4.69, 9.17) is 4.74 Å². The van der Waals surface area contributed by atoms with Crippen molar-refractivity contribution in [3.05, 3.63) is 29.8 Å². The van der Waals surface area contributed by atoms with Crippen LogP contribution < -0.4 is 10.1 Å². The van der Waals surface area contributed by atoms with Gasteiger partial charge in [-0.3, -0.25) is 0 Å². The van der Waals surface area contributed by atoms with E-state index in [0.717, 1.165) is 24.6 Å². The van der Waals surface area contributed by atoms with Gasteiger partial charge in [0.05, 0.1) is 7.11 Å². The molecule has 0 amide bonds. The van der Waals surface area contributed by atoms with Gasteiger partial charge in [-0.05, 0) is 49.9 Å². The van der Waals surface area contributed by atoms with Crippen LogP contribution in [0.2, 0.25) is 0 Å². The fraction of sp³-hybridized carbons (Fsp3) is 0.625. The lowest BCUT2D eigenvalue weighted by molar-refractivity contribution is 0.266. The van der Waals surface area contributed by atoms with Gasteiger partial charge in [-0.25, -0.2) is 0 Å². The Labute approximate surface area is 111 Å². The van der Waals surface area contributed by atoms with Crippen LogP contribution in [-0.4, -0.2) is 19.7 Å². The molecule has 0 radical (unpaired) electrons. The molecule has 1 aliphatic rings. The Morgan fingerprint density at radius 2 is 2.00 bits per heavy atom. The second-order valence-corrected chi connectivity index (χ2v) is 5.49. The Bertz CT molecular complexity index is 343. The quantitative estimate of drug-likeness (QED) is 0.797. The molecule has 2 nitrogen and oxygen atoms in total. The van der Waals surface area contributed by atoms with E-state index in [1.807, 2.05) is 12.1 Å². The largest absolute Gasteiger partial charge is 0.497 e. The van der Waals surface area contributed by atoms with E-state index in [0.29, 0.717) is 6.04 Å². The molecule has 1 fully saturated rings. The molecule has 0 spiro atoms. The summed E-state index contributed by atoms with van der Waals surface area (Å²) in [6, 6.07) is 9.03. The minimum Gasteiger partial charge on any atom is -0.497 e. The van der Waals surface area contributed by atoms with E-state index in [1.165, 1.54) is 31.2 Å². The molecule has 2 heteroatoms. The predicted octanol–water partition coefficient (Wildman–Crippen LogP) is 3.41. The van der Waals surface area contributed by atoms with E-state index in [-0.39, 0.29) is 0 Å². The zero-order chi connectivity index (χ0) is 12.8. The summed E-state index contributed by atoms with van der Waals surface area (Å²) in [4.78, 5) is 0. The highest BCUT2D eigenvalue weighted by molar-refractivity contribution is 5.27. The van der Waals surface area contributed by atoms with Crippen molar-refractivity contribution in [2.24, 2.45) is 5.92 Å². The molecule has 0 bridgehead atoms. The second kappa shape index (κ2) is 6.79. The van der Waals surface area contributed by atoms with Crippen LogP contribution in [0.1, 0.15) is 38.2 Å². The Kier molecular flexibility index (Phi) is 5.06. The lowest BCUT2D eigenvalue weighted by Gasteiger charge is -2.28. The molecule has 1 saturated carbocycles. The van der Waals surface area contributed by atoms with Crippen molar-refractivity contribution in [1.29, 1.82) is 0 Å².